The van der Waals surface area contributed by atoms with Crippen molar-refractivity contribution in [2.45, 2.75) is 56.7 Å². The largest absolute Gasteiger partial charge is 0.376 e. The second kappa shape index (κ2) is 10.8. The second-order valence-electron chi connectivity index (χ2n) is 8.04. The van der Waals surface area contributed by atoms with Crippen molar-refractivity contribution < 1.29 is 9.47 Å². The van der Waals surface area contributed by atoms with E-state index >= 15 is 0 Å². The summed E-state index contributed by atoms with van der Waals surface area (Å²) in [5, 5.41) is 3.60. The van der Waals surface area contributed by atoms with Crippen LogP contribution in [0.25, 0.3) is 0 Å². The molecule has 2 saturated heterocycles. The molecule has 1 aromatic carbocycles. The summed E-state index contributed by atoms with van der Waals surface area (Å²) in [7, 11) is 1.89. The van der Waals surface area contributed by atoms with Crippen LogP contribution in [0.1, 0.15) is 49.1 Å². The summed E-state index contributed by atoms with van der Waals surface area (Å²) in [6, 6.07) is 8.77. The van der Waals surface area contributed by atoms with Gasteiger partial charge >= 0.3 is 0 Å². The first-order chi connectivity index (χ1) is 13.3. The number of aliphatic imine (C=N–C) groups is 1. The minimum atomic E-state index is 0. The molecule has 6 heteroatoms. The van der Waals surface area contributed by atoms with E-state index in [1.807, 2.05) is 7.05 Å². The van der Waals surface area contributed by atoms with Crippen LogP contribution < -0.4 is 5.32 Å². The number of likely N-dealkylation sites (tertiary alicyclic amines) is 1. The molecule has 2 aliphatic heterocycles. The van der Waals surface area contributed by atoms with Gasteiger partial charge in [0.2, 0.25) is 0 Å². The Labute approximate surface area is 186 Å². The van der Waals surface area contributed by atoms with Crippen LogP contribution >= 0.6 is 24.0 Å². The summed E-state index contributed by atoms with van der Waals surface area (Å²) >= 11 is 0. The van der Waals surface area contributed by atoms with Gasteiger partial charge in [-0.3, -0.25) is 4.99 Å². The van der Waals surface area contributed by atoms with Crippen molar-refractivity contribution >= 4 is 29.9 Å². The van der Waals surface area contributed by atoms with Crippen LogP contribution in [0, 0.1) is 0 Å². The predicted octanol–water partition coefficient (Wildman–Crippen LogP) is 3.57. The first-order valence-corrected chi connectivity index (χ1v) is 10.6. The van der Waals surface area contributed by atoms with Crippen LogP contribution in [0.15, 0.2) is 29.3 Å². The van der Waals surface area contributed by atoms with E-state index in [-0.39, 0.29) is 24.0 Å². The fourth-order valence-corrected chi connectivity index (χ4v) is 4.51. The molecule has 28 heavy (non-hydrogen) atoms. The highest BCUT2D eigenvalue weighted by Crippen LogP contribution is 2.34. The van der Waals surface area contributed by atoms with Crippen LogP contribution in [0.2, 0.25) is 0 Å². The minimum absolute atomic E-state index is 0. The number of nitrogens with one attached hydrogen (secondary N) is 1. The zero-order valence-electron chi connectivity index (χ0n) is 16.9. The highest BCUT2D eigenvalue weighted by molar-refractivity contribution is 14.0. The van der Waals surface area contributed by atoms with E-state index in [1.165, 1.54) is 30.4 Å². The van der Waals surface area contributed by atoms with Crippen molar-refractivity contribution in [3.8, 4) is 0 Å². The Bertz CT molecular complexity index is 640. The molecule has 1 N–H and O–H groups in total. The Hall–Kier alpha value is -0.860. The molecule has 5 nitrogen and oxygen atoms in total. The summed E-state index contributed by atoms with van der Waals surface area (Å²) in [6.07, 6.45) is 7.63. The predicted molar refractivity (Wildman–Crippen MR) is 124 cm³/mol. The topological polar surface area (TPSA) is 46.1 Å². The maximum atomic E-state index is 6.14. The number of halogens is 1. The highest BCUT2D eigenvalue weighted by atomic mass is 127. The average Bonchev–Trinajstić information content (AvgIpc) is 2.71. The summed E-state index contributed by atoms with van der Waals surface area (Å²) in [5.41, 5.74) is 3.00. The van der Waals surface area contributed by atoms with Crippen molar-refractivity contribution in [3.05, 3.63) is 35.4 Å². The van der Waals surface area contributed by atoms with Crippen LogP contribution in [0.3, 0.4) is 0 Å². The molecule has 1 aliphatic carbocycles. The van der Waals surface area contributed by atoms with Crippen LogP contribution in [0.4, 0.5) is 0 Å². The van der Waals surface area contributed by atoms with E-state index in [2.05, 4.69) is 39.5 Å². The highest BCUT2D eigenvalue weighted by Gasteiger charge is 2.27. The zero-order valence-corrected chi connectivity index (χ0v) is 19.3. The number of guanidine groups is 1. The van der Waals surface area contributed by atoms with Crippen LogP contribution in [-0.2, 0) is 15.9 Å². The Kier molecular flexibility index (Phi) is 8.41. The SMILES string of the molecule is CN=C(NCC1Cc2ccccc21)N1CCC(OCC2CCCCO2)CC1.I. The first kappa shape index (κ1) is 21.8. The number of fused-ring (bicyclic) bond motifs is 1. The van der Waals surface area contributed by atoms with E-state index in [9.17, 15) is 0 Å². The van der Waals surface area contributed by atoms with Crippen molar-refractivity contribution in [1.82, 2.24) is 10.2 Å². The van der Waals surface area contributed by atoms with E-state index in [4.69, 9.17) is 9.47 Å². The van der Waals surface area contributed by atoms with Gasteiger partial charge in [-0.05, 0) is 49.7 Å². The average molecular weight is 499 g/mol. The Balaban J connectivity index is 0.00000225. The summed E-state index contributed by atoms with van der Waals surface area (Å²) in [5.74, 6) is 1.66. The molecule has 0 saturated carbocycles. The summed E-state index contributed by atoms with van der Waals surface area (Å²) < 4.78 is 11.9. The molecule has 2 heterocycles. The van der Waals surface area contributed by atoms with E-state index in [0.29, 0.717) is 18.1 Å². The molecular weight excluding hydrogens is 465 g/mol. The quantitative estimate of drug-likeness (QED) is 0.383. The minimum Gasteiger partial charge on any atom is -0.376 e. The van der Waals surface area contributed by atoms with Crippen molar-refractivity contribution in [3.63, 3.8) is 0 Å². The van der Waals surface area contributed by atoms with E-state index in [0.717, 1.165) is 58.1 Å². The van der Waals surface area contributed by atoms with Gasteiger partial charge in [0, 0.05) is 39.2 Å². The van der Waals surface area contributed by atoms with Gasteiger partial charge in [0.05, 0.1) is 18.8 Å². The fourth-order valence-electron chi connectivity index (χ4n) is 4.51. The molecule has 0 radical (unpaired) electrons. The number of hydrogen-bond acceptors (Lipinski definition) is 3. The number of ether oxygens (including phenoxy) is 2. The van der Waals surface area contributed by atoms with Gasteiger partial charge in [0.1, 0.15) is 0 Å². The smallest absolute Gasteiger partial charge is 0.193 e. The van der Waals surface area contributed by atoms with Crippen molar-refractivity contribution in [1.29, 1.82) is 0 Å². The molecule has 0 bridgehead atoms. The monoisotopic (exact) mass is 499 g/mol. The summed E-state index contributed by atoms with van der Waals surface area (Å²) in [4.78, 5) is 6.89. The number of benzene rings is 1. The molecule has 0 aromatic heterocycles. The van der Waals surface area contributed by atoms with E-state index < -0.39 is 0 Å². The molecule has 1 aromatic rings. The van der Waals surface area contributed by atoms with E-state index in [1.54, 1.807) is 0 Å². The third-order valence-corrected chi connectivity index (χ3v) is 6.21. The van der Waals surface area contributed by atoms with Gasteiger partial charge in [-0.2, -0.15) is 0 Å². The van der Waals surface area contributed by atoms with Gasteiger partial charge in [0.15, 0.2) is 5.96 Å². The third-order valence-electron chi connectivity index (χ3n) is 6.21. The van der Waals surface area contributed by atoms with Gasteiger partial charge in [-0.25, -0.2) is 0 Å². The van der Waals surface area contributed by atoms with Gasteiger partial charge in [-0.1, -0.05) is 24.3 Å². The van der Waals surface area contributed by atoms with Gasteiger partial charge in [0.25, 0.3) is 0 Å². The third kappa shape index (κ3) is 5.39. The van der Waals surface area contributed by atoms with Crippen LogP contribution in [-0.4, -0.2) is 63.0 Å². The molecule has 0 spiro atoms. The molecule has 156 valence electrons. The normalized spacial score (nSPS) is 25.5. The zero-order chi connectivity index (χ0) is 18.5. The molecule has 2 fully saturated rings. The maximum Gasteiger partial charge on any atom is 0.193 e. The fraction of sp³-hybridized carbons (Fsp3) is 0.682. The standard InChI is InChI=1S/C22H33N3O2.HI/c1-23-22(24-15-18-14-17-6-2-3-8-21(17)18)25-11-9-19(10-12-25)27-16-20-7-4-5-13-26-20;/h2-3,6,8,18-20H,4-5,7,9-16H2,1H3,(H,23,24);1H. The number of hydrogen-bond donors (Lipinski definition) is 1. The number of rotatable bonds is 5. The Morgan fingerprint density at radius 3 is 2.75 bits per heavy atom. The number of piperidine rings is 1. The second-order valence-corrected chi connectivity index (χ2v) is 8.04. The van der Waals surface area contributed by atoms with Crippen molar-refractivity contribution in [2.75, 3.05) is 39.9 Å². The van der Waals surface area contributed by atoms with Gasteiger partial charge < -0.3 is 19.7 Å². The maximum absolute atomic E-state index is 6.14. The molecule has 4 rings (SSSR count). The van der Waals surface area contributed by atoms with Crippen molar-refractivity contribution in [2.24, 2.45) is 4.99 Å². The lowest BCUT2D eigenvalue weighted by molar-refractivity contribution is -0.0721. The number of nitrogens with zero attached hydrogens (tertiary/aromatic N) is 2. The molecule has 0 amide bonds. The lowest BCUT2D eigenvalue weighted by atomic mass is 9.78. The lowest BCUT2D eigenvalue weighted by Crippen LogP contribution is -2.48. The van der Waals surface area contributed by atoms with Crippen LogP contribution in [0.5, 0.6) is 0 Å². The Morgan fingerprint density at radius 2 is 2.04 bits per heavy atom. The lowest BCUT2D eigenvalue weighted by Gasteiger charge is -2.36. The van der Waals surface area contributed by atoms with Gasteiger partial charge in [-0.15, -0.1) is 24.0 Å². The molecule has 2 unspecified atom stereocenters. The molecule has 2 atom stereocenters. The Morgan fingerprint density at radius 1 is 1.21 bits per heavy atom. The summed E-state index contributed by atoms with van der Waals surface area (Å²) in [6.45, 7) is 4.66. The molecule has 3 aliphatic rings. The molecular formula is C22H34IN3O2. The first-order valence-electron chi connectivity index (χ1n) is 10.6.